The van der Waals surface area contributed by atoms with Crippen LogP contribution in [-0.4, -0.2) is 25.7 Å². The monoisotopic (exact) mass is 338 g/mol. The molecule has 0 saturated heterocycles. The molecule has 0 fully saturated rings. The minimum Gasteiger partial charge on any atom is -0.340 e. The van der Waals surface area contributed by atoms with E-state index in [0.717, 1.165) is 22.4 Å². The van der Waals surface area contributed by atoms with Crippen molar-refractivity contribution in [3.05, 3.63) is 36.3 Å². The second-order valence-electron chi connectivity index (χ2n) is 6.47. The lowest BCUT2D eigenvalue weighted by Crippen LogP contribution is -2.13. The molecule has 0 spiro atoms. The number of aryl methyl sites for hydroxylation is 2. The number of anilines is 3. The Morgan fingerprint density at radius 1 is 1.16 bits per heavy atom. The van der Waals surface area contributed by atoms with Crippen molar-refractivity contribution >= 4 is 34.1 Å². The first-order valence-corrected chi connectivity index (χ1v) is 8.25. The fraction of sp³-hybridized carbons (Fsp3) is 0.333. The van der Waals surface area contributed by atoms with Gasteiger partial charge in [0.2, 0.25) is 5.91 Å². The Morgan fingerprint density at radius 3 is 2.52 bits per heavy atom. The van der Waals surface area contributed by atoms with Gasteiger partial charge in [0.05, 0.1) is 11.6 Å². The molecule has 3 rings (SSSR count). The van der Waals surface area contributed by atoms with Gasteiger partial charge in [0.1, 0.15) is 11.6 Å². The van der Waals surface area contributed by atoms with Crippen LogP contribution < -0.4 is 10.6 Å². The molecule has 130 valence electrons. The molecule has 0 aliphatic rings. The number of rotatable bonds is 5. The van der Waals surface area contributed by atoms with Gasteiger partial charge >= 0.3 is 0 Å². The number of aromatic nitrogens is 4. The summed E-state index contributed by atoms with van der Waals surface area (Å²) in [5.74, 6) is 1.76. The van der Waals surface area contributed by atoms with Gasteiger partial charge in [-0.1, -0.05) is 13.8 Å². The van der Waals surface area contributed by atoms with E-state index in [0.29, 0.717) is 24.0 Å². The van der Waals surface area contributed by atoms with E-state index in [2.05, 4.69) is 25.7 Å². The van der Waals surface area contributed by atoms with E-state index in [1.807, 2.05) is 52.1 Å². The second kappa shape index (κ2) is 6.88. The predicted molar refractivity (Wildman–Crippen MR) is 98.9 cm³/mol. The van der Waals surface area contributed by atoms with Crippen molar-refractivity contribution in [2.45, 2.75) is 27.2 Å². The van der Waals surface area contributed by atoms with Crippen LogP contribution in [0, 0.1) is 12.8 Å². The SMILES string of the molecule is Cc1nc(Nc2ccc(NC(=O)CC(C)C)cc2)c2cnn(C)c2n1. The molecule has 3 aromatic rings. The van der Waals surface area contributed by atoms with E-state index in [-0.39, 0.29) is 5.91 Å². The van der Waals surface area contributed by atoms with E-state index in [9.17, 15) is 4.79 Å². The van der Waals surface area contributed by atoms with Gasteiger partial charge in [-0.05, 0) is 37.1 Å². The van der Waals surface area contributed by atoms with E-state index in [4.69, 9.17) is 0 Å². The summed E-state index contributed by atoms with van der Waals surface area (Å²) >= 11 is 0. The molecule has 0 unspecified atom stereocenters. The van der Waals surface area contributed by atoms with Gasteiger partial charge in [0, 0.05) is 24.8 Å². The molecule has 7 nitrogen and oxygen atoms in total. The first kappa shape index (κ1) is 16.9. The highest BCUT2D eigenvalue weighted by Crippen LogP contribution is 2.24. The molecular formula is C18H22N6O. The first-order valence-electron chi connectivity index (χ1n) is 8.25. The van der Waals surface area contributed by atoms with Crippen LogP contribution in [0.1, 0.15) is 26.1 Å². The zero-order chi connectivity index (χ0) is 18.0. The number of hydrogen-bond acceptors (Lipinski definition) is 5. The van der Waals surface area contributed by atoms with Crippen molar-refractivity contribution in [2.75, 3.05) is 10.6 Å². The molecule has 7 heteroatoms. The van der Waals surface area contributed by atoms with E-state index in [1.165, 1.54) is 0 Å². The lowest BCUT2D eigenvalue weighted by molar-refractivity contribution is -0.116. The number of hydrogen-bond donors (Lipinski definition) is 2. The first-order chi connectivity index (χ1) is 11.9. The molecule has 2 aromatic heterocycles. The minimum absolute atomic E-state index is 0.0270. The summed E-state index contributed by atoms with van der Waals surface area (Å²) < 4.78 is 1.72. The predicted octanol–water partition coefficient (Wildman–Crippen LogP) is 3.40. The molecule has 0 aliphatic carbocycles. The second-order valence-corrected chi connectivity index (χ2v) is 6.47. The van der Waals surface area contributed by atoms with E-state index in [1.54, 1.807) is 10.9 Å². The summed E-state index contributed by atoms with van der Waals surface area (Å²) in [4.78, 5) is 20.7. The Kier molecular flexibility index (Phi) is 4.65. The minimum atomic E-state index is 0.0270. The number of nitrogens with zero attached hydrogens (tertiary/aromatic N) is 4. The van der Waals surface area contributed by atoms with Crippen molar-refractivity contribution in [3.63, 3.8) is 0 Å². The molecule has 0 saturated carbocycles. The standard InChI is InChI=1S/C18H22N6O/c1-11(2)9-16(25)22-13-5-7-14(8-6-13)23-17-15-10-19-24(4)18(15)21-12(3)20-17/h5-8,10-11H,9H2,1-4H3,(H,22,25)(H,20,21,23). The summed E-state index contributed by atoms with van der Waals surface area (Å²) in [6.45, 7) is 5.90. The third-order valence-corrected chi connectivity index (χ3v) is 3.73. The van der Waals surface area contributed by atoms with Crippen molar-refractivity contribution in [1.29, 1.82) is 0 Å². The molecular weight excluding hydrogens is 316 g/mol. The normalized spacial score (nSPS) is 11.1. The maximum Gasteiger partial charge on any atom is 0.224 e. The van der Waals surface area contributed by atoms with Crippen LogP contribution in [0.15, 0.2) is 30.5 Å². The smallest absolute Gasteiger partial charge is 0.224 e. The molecule has 1 aromatic carbocycles. The average Bonchev–Trinajstić information content (AvgIpc) is 2.90. The number of fused-ring (bicyclic) bond motifs is 1. The third kappa shape index (κ3) is 3.93. The van der Waals surface area contributed by atoms with Gasteiger partial charge in [-0.3, -0.25) is 9.48 Å². The van der Waals surface area contributed by atoms with Crippen LogP contribution in [0.2, 0.25) is 0 Å². The average molecular weight is 338 g/mol. The lowest BCUT2D eigenvalue weighted by Gasteiger charge is -2.10. The quantitative estimate of drug-likeness (QED) is 0.745. The topological polar surface area (TPSA) is 84.7 Å². The zero-order valence-corrected chi connectivity index (χ0v) is 14.9. The van der Waals surface area contributed by atoms with Gasteiger partial charge < -0.3 is 10.6 Å². The van der Waals surface area contributed by atoms with Crippen LogP contribution >= 0.6 is 0 Å². The third-order valence-electron chi connectivity index (χ3n) is 3.73. The highest BCUT2D eigenvalue weighted by Gasteiger charge is 2.10. The van der Waals surface area contributed by atoms with Gasteiger partial charge in [0.25, 0.3) is 0 Å². The summed E-state index contributed by atoms with van der Waals surface area (Å²) in [6, 6.07) is 7.55. The molecule has 1 amide bonds. The molecule has 25 heavy (non-hydrogen) atoms. The number of amides is 1. The lowest BCUT2D eigenvalue weighted by atomic mass is 10.1. The summed E-state index contributed by atoms with van der Waals surface area (Å²) in [7, 11) is 1.85. The molecule has 2 N–H and O–H groups in total. The molecule has 0 radical (unpaired) electrons. The Balaban J connectivity index is 1.77. The molecule has 0 bridgehead atoms. The number of carbonyl (C=O) groups excluding carboxylic acids is 1. The molecule has 0 aliphatic heterocycles. The van der Waals surface area contributed by atoms with Gasteiger partial charge in [-0.25, -0.2) is 9.97 Å². The summed E-state index contributed by atoms with van der Waals surface area (Å²) in [5.41, 5.74) is 2.44. The van der Waals surface area contributed by atoms with E-state index >= 15 is 0 Å². The highest BCUT2D eigenvalue weighted by molar-refractivity contribution is 5.91. The zero-order valence-electron chi connectivity index (χ0n) is 14.9. The Bertz CT molecular complexity index is 898. The van der Waals surface area contributed by atoms with Crippen LogP contribution in [0.3, 0.4) is 0 Å². The summed E-state index contributed by atoms with van der Waals surface area (Å²) in [5, 5.41) is 11.3. The molecule has 0 atom stereocenters. The number of nitrogens with one attached hydrogen (secondary N) is 2. The van der Waals surface area contributed by atoms with Crippen LogP contribution in [0.4, 0.5) is 17.2 Å². The number of benzene rings is 1. The largest absolute Gasteiger partial charge is 0.340 e. The van der Waals surface area contributed by atoms with Crippen LogP contribution in [-0.2, 0) is 11.8 Å². The maximum atomic E-state index is 11.8. The Morgan fingerprint density at radius 2 is 1.84 bits per heavy atom. The van der Waals surface area contributed by atoms with Crippen molar-refractivity contribution in [2.24, 2.45) is 13.0 Å². The van der Waals surface area contributed by atoms with Crippen LogP contribution in [0.5, 0.6) is 0 Å². The van der Waals surface area contributed by atoms with Crippen LogP contribution in [0.25, 0.3) is 11.0 Å². The Hall–Kier alpha value is -2.96. The maximum absolute atomic E-state index is 11.8. The molecule has 2 heterocycles. The fourth-order valence-corrected chi connectivity index (χ4v) is 2.58. The van der Waals surface area contributed by atoms with E-state index < -0.39 is 0 Å². The number of carbonyl (C=O) groups is 1. The van der Waals surface area contributed by atoms with Crippen molar-refractivity contribution in [1.82, 2.24) is 19.7 Å². The van der Waals surface area contributed by atoms with Gasteiger partial charge in [-0.15, -0.1) is 0 Å². The Labute approximate surface area is 146 Å². The summed E-state index contributed by atoms with van der Waals surface area (Å²) in [6.07, 6.45) is 2.26. The van der Waals surface area contributed by atoms with Gasteiger partial charge in [0.15, 0.2) is 5.65 Å². The highest BCUT2D eigenvalue weighted by atomic mass is 16.1. The fourth-order valence-electron chi connectivity index (χ4n) is 2.58. The van der Waals surface area contributed by atoms with Gasteiger partial charge in [-0.2, -0.15) is 5.10 Å². The van der Waals surface area contributed by atoms with Crippen molar-refractivity contribution < 1.29 is 4.79 Å². The van der Waals surface area contributed by atoms with Crippen molar-refractivity contribution in [3.8, 4) is 0 Å².